The van der Waals surface area contributed by atoms with Crippen molar-refractivity contribution in [2.45, 2.75) is 119 Å². The van der Waals surface area contributed by atoms with Gasteiger partial charge in [-0.1, -0.05) is 71.2 Å². The second kappa shape index (κ2) is 13.4. The maximum absolute atomic E-state index is 13.7. The molecule has 3 rings (SSSR count). The van der Waals surface area contributed by atoms with Crippen LogP contribution in [0.25, 0.3) is 0 Å². The summed E-state index contributed by atoms with van der Waals surface area (Å²) in [6.07, 6.45) is 10.6. The predicted octanol–water partition coefficient (Wildman–Crippen LogP) is 6.91. The van der Waals surface area contributed by atoms with Crippen molar-refractivity contribution < 1.29 is 19.2 Å². The van der Waals surface area contributed by atoms with Crippen LogP contribution in [0.1, 0.15) is 120 Å². The van der Waals surface area contributed by atoms with Gasteiger partial charge in [-0.3, -0.25) is 9.00 Å². The van der Waals surface area contributed by atoms with E-state index in [0.717, 1.165) is 75.3 Å². The Morgan fingerprint density at radius 1 is 0.917 bits per heavy atom. The fraction of sp³-hybridized carbons (Fsp3) is 0.767. The van der Waals surface area contributed by atoms with Crippen LogP contribution in [0.3, 0.4) is 0 Å². The Labute approximate surface area is 225 Å². The monoisotopic (exact) mass is 536 g/mol. The Bertz CT molecular complexity index is 860. The number of carbonyl (C=O) groups excluding carboxylic acids is 1. The van der Waals surface area contributed by atoms with Crippen molar-refractivity contribution in [1.82, 2.24) is 0 Å². The zero-order valence-electron chi connectivity index (χ0n) is 22.8. The average Bonchev–Trinajstić information content (AvgIpc) is 2.86. The van der Waals surface area contributed by atoms with E-state index in [1.807, 2.05) is 23.9 Å². The molecule has 5 atom stereocenters. The van der Waals surface area contributed by atoms with Crippen molar-refractivity contribution in [1.29, 1.82) is 0 Å². The molecule has 0 bridgehead atoms. The summed E-state index contributed by atoms with van der Waals surface area (Å²) in [5.74, 6) is 0.309. The summed E-state index contributed by atoms with van der Waals surface area (Å²) in [6, 6.07) is 8.29. The molecule has 5 unspecified atom stereocenters. The molecule has 0 radical (unpaired) electrons. The number of carbonyl (C=O) groups is 1. The third-order valence-electron chi connectivity index (χ3n) is 8.18. The minimum atomic E-state index is -0.954. The van der Waals surface area contributed by atoms with E-state index >= 15 is 0 Å². The molecule has 2 aliphatic heterocycles. The van der Waals surface area contributed by atoms with Gasteiger partial charge in [0.05, 0.1) is 10.5 Å². The lowest BCUT2D eigenvalue weighted by Crippen LogP contribution is -2.28. The summed E-state index contributed by atoms with van der Waals surface area (Å²) in [7, 11) is -0.954. The molecule has 0 amide bonds. The highest BCUT2D eigenvalue weighted by Gasteiger charge is 2.37. The molecular weight excluding hydrogens is 488 g/mol. The summed E-state index contributed by atoms with van der Waals surface area (Å²) in [4.78, 5) is 13.1. The van der Waals surface area contributed by atoms with Gasteiger partial charge in [0.2, 0.25) is 0 Å². The second-order valence-corrected chi connectivity index (χ2v) is 15.9. The smallest absolute Gasteiger partial charge is 0.150 e. The fourth-order valence-electron chi connectivity index (χ4n) is 5.58. The lowest BCUT2D eigenvalue weighted by molar-refractivity contribution is -0.119. The SMILES string of the molecule is CC(C)(CO)CCCC1CCC(=O)C(c2ccccc2C2CCCC(CCCC(C)(C)CO)S2=O)S1. The Balaban J connectivity index is 1.69. The van der Waals surface area contributed by atoms with E-state index in [0.29, 0.717) is 17.5 Å². The quantitative estimate of drug-likeness (QED) is 0.303. The van der Waals surface area contributed by atoms with Crippen LogP contribution >= 0.6 is 11.8 Å². The van der Waals surface area contributed by atoms with Gasteiger partial charge in [-0.05, 0) is 66.9 Å². The van der Waals surface area contributed by atoms with Gasteiger partial charge in [-0.15, -0.1) is 11.8 Å². The van der Waals surface area contributed by atoms with Gasteiger partial charge in [0.1, 0.15) is 5.78 Å². The van der Waals surface area contributed by atoms with Crippen LogP contribution in [0, 0.1) is 10.8 Å². The maximum atomic E-state index is 13.7. The molecule has 36 heavy (non-hydrogen) atoms. The van der Waals surface area contributed by atoms with Crippen molar-refractivity contribution >= 4 is 28.3 Å². The van der Waals surface area contributed by atoms with Crippen molar-refractivity contribution in [3.8, 4) is 0 Å². The van der Waals surface area contributed by atoms with Crippen molar-refractivity contribution in [2.75, 3.05) is 13.2 Å². The van der Waals surface area contributed by atoms with Crippen LogP contribution in [0.4, 0.5) is 0 Å². The van der Waals surface area contributed by atoms with E-state index in [1.54, 1.807) is 0 Å². The number of benzene rings is 1. The fourth-order valence-corrected chi connectivity index (χ4v) is 9.28. The number of aliphatic hydroxyl groups excluding tert-OH is 2. The number of aliphatic hydroxyl groups is 2. The molecule has 2 saturated heterocycles. The first kappa shape index (κ1) is 29.9. The van der Waals surface area contributed by atoms with Crippen LogP contribution in [-0.2, 0) is 15.6 Å². The van der Waals surface area contributed by atoms with E-state index in [1.165, 1.54) is 0 Å². The van der Waals surface area contributed by atoms with Gasteiger partial charge < -0.3 is 10.2 Å². The molecular formula is C30H48O4S2. The van der Waals surface area contributed by atoms with E-state index in [-0.39, 0.29) is 39.8 Å². The largest absolute Gasteiger partial charge is 0.396 e. The van der Waals surface area contributed by atoms with Gasteiger partial charge in [0.15, 0.2) is 0 Å². The Morgan fingerprint density at radius 2 is 1.53 bits per heavy atom. The number of hydrogen-bond acceptors (Lipinski definition) is 5. The van der Waals surface area contributed by atoms with E-state index < -0.39 is 10.8 Å². The molecule has 1 aromatic carbocycles. The van der Waals surface area contributed by atoms with Gasteiger partial charge in [0.25, 0.3) is 0 Å². The molecule has 0 saturated carbocycles. The number of ketones is 1. The Hall–Kier alpha value is -0.690. The molecule has 2 heterocycles. The molecule has 1 aromatic rings. The third kappa shape index (κ3) is 8.15. The van der Waals surface area contributed by atoms with Crippen LogP contribution in [0.5, 0.6) is 0 Å². The first-order valence-electron chi connectivity index (χ1n) is 13.9. The molecule has 2 N–H and O–H groups in total. The summed E-state index contributed by atoms with van der Waals surface area (Å²) < 4.78 is 13.7. The summed E-state index contributed by atoms with van der Waals surface area (Å²) >= 11 is 1.82. The lowest BCUT2D eigenvalue weighted by Gasteiger charge is -2.34. The van der Waals surface area contributed by atoms with E-state index in [9.17, 15) is 19.2 Å². The minimum Gasteiger partial charge on any atom is -0.396 e. The molecule has 2 aliphatic rings. The van der Waals surface area contributed by atoms with Crippen LogP contribution < -0.4 is 0 Å². The third-order valence-corrected chi connectivity index (χ3v) is 12.0. The highest BCUT2D eigenvalue weighted by Crippen LogP contribution is 2.47. The topological polar surface area (TPSA) is 74.6 Å². The first-order valence-corrected chi connectivity index (χ1v) is 16.2. The van der Waals surface area contributed by atoms with Gasteiger partial charge >= 0.3 is 0 Å². The summed E-state index contributed by atoms with van der Waals surface area (Å²) in [5, 5.41) is 19.6. The van der Waals surface area contributed by atoms with E-state index in [4.69, 9.17) is 0 Å². The van der Waals surface area contributed by atoms with Crippen LogP contribution in [-0.4, -0.2) is 43.9 Å². The number of rotatable bonds is 12. The van der Waals surface area contributed by atoms with Crippen LogP contribution in [0.2, 0.25) is 0 Å². The standard InChI is InChI=1S/C30H48O4S2/c1-29(2,20-31)18-8-10-22-16-17-26(33)28(35-22)25-14-6-5-13-24(25)27-15-7-11-23(36(27)34)12-9-19-30(3,4)21-32/h5-6,13-14,22-23,27-28,31-32H,7-12,15-21H2,1-4H3. The summed E-state index contributed by atoms with van der Waals surface area (Å²) in [6.45, 7) is 8.78. The van der Waals surface area contributed by atoms with Crippen LogP contribution in [0.15, 0.2) is 24.3 Å². The zero-order chi connectivity index (χ0) is 26.3. The lowest BCUT2D eigenvalue weighted by atomic mass is 9.87. The number of hydrogen-bond donors (Lipinski definition) is 2. The normalized spacial score (nSPS) is 27.8. The second-order valence-electron chi connectivity index (χ2n) is 12.6. The van der Waals surface area contributed by atoms with Gasteiger partial charge in [-0.25, -0.2) is 0 Å². The Morgan fingerprint density at radius 3 is 2.17 bits per heavy atom. The molecule has 2 fully saturated rings. The molecule has 0 aromatic heterocycles. The number of Topliss-reactive ketones (excluding diaryl/α,β-unsaturated/α-hetero) is 1. The molecule has 204 valence electrons. The van der Waals surface area contributed by atoms with Gasteiger partial charge in [-0.2, -0.15) is 0 Å². The maximum Gasteiger partial charge on any atom is 0.150 e. The first-order chi connectivity index (χ1) is 17.1. The molecule has 4 nitrogen and oxygen atoms in total. The van der Waals surface area contributed by atoms with Crippen molar-refractivity contribution in [3.05, 3.63) is 35.4 Å². The van der Waals surface area contributed by atoms with Gasteiger partial charge in [0, 0.05) is 40.9 Å². The molecule has 6 heteroatoms. The summed E-state index contributed by atoms with van der Waals surface area (Å²) in [5.41, 5.74) is 2.10. The van der Waals surface area contributed by atoms with Crippen molar-refractivity contribution in [3.63, 3.8) is 0 Å². The Kier molecular flexibility index (Phi) is 11.1. The zero-order valence-corrected chi connectivity index (χ0v) is 24.5. The highest BCUT2D eigenvalue weighted by molar-refractivity contribution is 8.00. The molecule has 0 aliphatic carbocycles. The minimum absolute atomic E-state index is 0.00457. The average molecular weight is 537 g/mol. The predicted molar refractivity (Wildman–Crippen MR) is 153 cm³/mol. The van der Waals surface area contributed by atoms with E-state index in [2.05, 4.69) is 39.8 Å². The number of thioether (sulfide) groups is 1. The highest BCUT2D eigenvalue weighted by atomic mass is 32.2. The molecule has 0 spiro atoms. The van der Waals surface area contributed by atoms with Crippen molar-refractivity contribution in [2.24, 2.45) is 10.8 Å².